The minimum atomic E-state index is -0.117. The quantitative estimate of drug-likeness (QED) is 0.930. The van der Waals surface area contributed by atoms with Crippen molar-refractivity contribution in [2.45, 2.75) is 39.0 Å². The van der Waals surface area contributed by atoms with E-state index < -0.39 is 0 Å². The van der Waals surface area contributed by atoms with Crippen LogP contribution in [0.1, 0.15) is 45.6 Å². The molecule has 1 aromatic heterocycles. The summed E-state index contributed by atoms with van der Waals surface area (Å²) in [5.41, 5.74) is 4.92. The van der Waals surface area contributed by atoms with Gasteiger partial charge in [0, 0.05) is 31.4 Å². The number of hydrogen-bond donors (Lipinski definition) is 1. The molecule has 5 nitrogen and oxygen atoms in total. The number of hydrogen-bond acceptors (Lipinski definition) is 4. The van der Waals surface area contributed by atoms with Crippen LogP contribution in [0.2, 0.25) is 0 Å². The van der Waals surface area contributed by atoms with Crippen LogP contribution in [0.25, 0.3) is 0 Å². The van der Waals surface area contributed by atoms with Crippen LogP contribution in [0.5, 0.6) is 0 Å². The van der Waals surface area contributed by atoms with Crippen LogP contribution in [0, 0.1) is 20.8 Å². The third-order valence-electron chi connectivity index (χ3n) is 5.03. The molecule has 1 aliphatic heterocycles. The SMILES string of the molecule is Cc1cc(C)cc(C2(CNC(=O)c3cncnc3C)CCOCC2)c1. The average Bonchev–Trinajstić information content (AvgIpc) is 2.60. The van der Waals surface area contributed by atoms with Crippen LogP contribution in [0.15, 0.2) is 30.7 Å². The van der Waals surface area contributed by atoms with Crippen molar-refractivity contribution in [1.82, 2.24) is 15.3 Å². The summed E-state index contributed by atoms with van der Waals surface area (Å²) in [5, 5.41) is 3.11. The molecule has 132 valence electrons. The van der Waals surface area contributed by atoms with Crippen LogP contribution >= 0.6 is 0 Å². The van der Waals surface area contributed by atoms with Gasteiger partial charge in [-0.25, -0.2) is 9.97 Å². The van der Waals surface area contributed by atoms with E-state index in [-0.39, 0.29) is 11.3 Å². The molecule has 0 saturated carbocycles. The number of aryl methyl sites for hydroxylation is 3. The molecular formula is C20H25N3O2. The van der Waals surface area contributed by atoms with Gasteiger partial charge in [-0.3, -0.25) is 4.79 Å². The highest BCUT2D eigenvalue weighted by Gasteiger charge is 2.35. The van der Waals surface area contributed by atoms with Gasteiger partial charge in [0.1, 0.15) is 6.33 Å². The Bertz CT molecular complexity index is 747. The van der Waals surface area contributed by atoms with Crippen molar-refractivity contribution in [3.8, 4) is 0 Å². The van der Waals surface area contributed by atoms with Gasteiger partial charge < -0.3 is 10.1 Å². The zero-order valence-electron chi connectivity index (χ0n) is 15.1. The molecule has 25 heavy (non-hydrogen) atoms. The zero-order chi connectivity index (χ0) is 17.9. The van der Waals surface area contributed by atoms with Gasteiger partial charge in [0.2, 0.25) is 0 Å². The Labute approximate surface area is 148 Å². The number of amides is 1. The van der Waals surface area contributed by atoms with E-state index in [2.05, 4.69) is 47.3 Å². The number of benzene rings is 1. The average molecular weight is 339 g/mol. The molecule has 2 heterocycles. The van der Waals surface area contributed by atoms with Gasteiger partial charge in [-0.1, -0.05) is 29.3 Å². The second kappa shape index (κ2) is 7.31. The molecule has 3 rings (SSSR count). The fraction of sp³-hybridized carbons (Fsp3) is 0.450. The highest BCUT2D eigenvalue weighted by atomic mass is 16.5. The number of ether oxygens (including phenoxy) is 1. The summed E-state index contributed by atoms with van der Waals surface area (Å²) in [6.45, 7) is 8.09. The van der Waals surface area contributed by atoms with Crippen molar-refractivity contribution in [3.63, 3.8) is 0 Å². The normalized spacial score (nSPS) is 16.4. The first-order chi connectivity index (χ1) is 12.0. The number of nitrogens with one attached hydrogen (secondary N) is 1. The molecule has 0 atom stereocenters. The number of nitrogens with zero attached hydrogens (tertiary/aromatic N) is 2. The third kappa shape index (κ3) is 3.87. The van der Waals surface area contributed by atoms with Crippen molar-refractivity contribution in [2.24, 2.45) is 0 Å². The van der Waals surface area contributed by atoms with Gasteiger partial charge in [0.15, 0.2) is 0 Å². The molecule has 2 aromatic rings. The van der Waals surface area contributed by atoms with Gasteiger partial charge in [-0.2, -0.15) is 0 Å². The monoisotopic (exact) mass is 339 g/mol. The Morgan fingerprint density at radius 1 is 1.16 bits per heavy atom. The minimum Gasteiger partial charge on any atom is -0.381 e. The lowest BCUT2D eigenvalue weighted by Crippen LogP contribution is -2.44. The van der Waals surface area contributed by atoms with E-state index >= 15 is 0 Å². The Morgan fingerprint density at radius 2 is 1.84 bits per heavy atom. The van der Waals surface area contributed by atoms with Crippen molar-refractivity contribution in [1.29, 1.82) is 0 Å². The van der Waals surface area contributed by atoms with Gasteiger partial charge in [0.25, 0.3) is 5.91 Å². The molecule has 0 radical (unpaired) electrons. The van der Waals surface area contributed by atoms with Crippen molar-refractivity contribution in [3.05, 3.63) is 58.7 Å². The fourth-order valence-electron chi connectivity index (χ4n) is 3.57. The van der Waals surface area contributed by atoms with Gasteiger partial charge in [0.05, 0.1) is 11.3 Å². The fourth-order valence-corrected chi connectivity index (χ4v) is 3.57. The number of carbonyl (C=O) groups is 1. The van der Waals surface area contributed by atoms with E-state index in [1.807, 2.05) is 6.92 Å². The highest BCUT2D eigenvalue weighted by molar-refractivity contribution is 5.94. The lowest BCUT2D eigenvalue weighted by Gasteiger charge is -2.38. The van der Waals surface area contributed by atoms with Crippen LogP contribution in [0.4, 0.5) is 0 Å². The molecule has 0 bridgehead atoms. The second-order valence-corrected chi connectivity index (χ2v) is 6.97. The summed E-state index contributed by atoms with van der Waals surface area (Å²) < 4.78 is 5.58. The van der Waals surface area contributed by atoms with Crippen LogP contribution in [0.3, 0.4) is 0 Å². The van der Waals surface area contributed by atoms with Crippen LogP contribution < -0.4 is 5.32 Å². The van der Waals surface area contributed by atoms with Crippen molar-refractivity contribution < 1.29 is 9.53 Å². The first-order valence-corrected chi connectivity index (χ1v) is 8.71. The maximum Gasteiger partial charge on any atom is 0.254 e. The van der Waals surface area contributed by atoms with E-state index in [0.717, 1.165) is 26.1 Å². The number of rotatable bonds is 4. The van der Waals surface area contributed by atoms with Gasteiger partial charge in [-0.05, 0) is 39.2 Å². The summed E-state index contributed by atoms with van der Waals surface area (Å²) in [4.78, 5) is 20.7. The molecule has 0 unspecified atom stereocenters. The summed E-state index contributed by atoms with van der Waals surface area (Å²) >= 11 is 0. The van der Waals surface area contributed by atoms with Crippen molar-refractivity contribution in [2.75, 3.05) is 19.8 Å². The van der Waals surface area contributed by atoms with E-state index in [1.165, 1.54) is 23.0 Å². The third-order valence-corrected chi connectivity index (χ3v) is 5.03. The summed E-state index contributed by atoms with van der Waals surface area (Å²) in [6, 6.07) is 6.66. The molecule has 1 aliphatic rings. The maximum absolute atomic E-state index is 12.6. The van der Waals surface area contributed by atoms with Gasteiger partial charge >= 0.3 is 0 Å². The summed E-state index contributed by atoms with van der Waals surface area (Å²) in [6.07, 6.45) is 4.84. The lowest BCUT2D eigenvalue weighted by molar-refractivity contribution is 0.0486. The van der Waals surface area contributed by atoms with Crippen LogP contribution in [-0.4, -0.2) is 35.6 Å². The lowest BCUT2D eigenvalue weighted by atomic mass is 9.73. The Kier molecular flexibility index (Phi) is 5.13. The van der Waals surface area contributed by atoms with Crippen LogP contribution in [-0.2, 0) is 10.2 Å². The minimum absolute atomic E-state index is 0.0891. The standard InChI is InChI=1S/C20H25N3O2/c1-14-8-15(2)10-17(9-14)20(4-6-25-7-5-20)12-22-19(24)18-11-21-13-23-16(18)3/h8-11,13H,4-7,12H2,1-3H3,(H,22,24). The largest absolute Gasteiger partial charge is 0.381 e. The molecule has 0 aliphatic carbocycles. The predicted molar refractivity (Wildman–Crippen MR) is 96.7 cm³/mol. The van der Waals surface area contributed by atoms with E-state index in [1.54, 1.807) is 6.20 Å². The Balaban J connectivity index is 1.84. The number of carbonyl (C=O) groups excluding carboxylic acids is 1. The molecule has 1 aromatic carbocycles. The second-order valence-electron chi connectivity index (χ2n) is 6.97. The molecule has 1 saturated heterocycles. The van der Waals surface area contributed by atoms with Gasteiger partial charge in [-0.15, -0.1) is 0 Å². The molecule has 0 spiro atoms. The van der Waals surface area contributed by atoms with E-state index in [9.17, 15) is 4.79 Å². The smallest absolute Gasteiger partial charge is 0.254 e. The highest BCUT2D eigenvalue weighted by Crippen LogP contribution is 2.35. The molecular weight excluding hydrogens is 314 g/mol. The topological polar surface area (TPSA) is 64.1 Å². The molecule has 1 fully saturated rings. The number of aromatic nitrogens is 2. The molecule has 1 N–H and O–H groups in total. The first-order valence-electron chi connectivity index (χ1n) is 8.71. The molecule has 5 heteroatoms. The maximum atomic E-state index is 12.6. The van der Waals surface area contributed by atoms with E-state index in [4.69, 9.17) is 4.74 Å². The summed E-state index contributed by atoms with van der Waals surface area (Å²) in [5.74, 6) is -0.117. The Hall–Kier alpha value is -2.27. The molecule has 1 amide bonds. The summed E-state index contributed by atoms with van der Waals surface area (Å²) in [7, 11) is 0. The van der Waals surface area contributed by atoms with E-state index in [0.29, 0.717) is 17.8 Å². The van der Waals surface area contributed by atoms with Crippen molar-refractivity contribution >= 4 is 5.91 Å². The predicted octanol–water partition coefficient (Wildman–Crippen LogP) is 2.88. The first kappa shape index (κ1) is 17.5. The zero-order valence-corrected chi connectivity index (χ0v) is 15.1. The Morgan fingerprint density at radius 3 is 2.48 bits per heavy atom.